The number of aryl methyl sites for hydroxylation is 1. The van der Waals surface area contributed by atoms with E-state index in [9.17, 15) is 4.79 Å². The van der Waals surface area contributed by atoms with Gasteiger partial charge in [-0.25, -0.2) is 14.8 Å². The first-order valence-corrected chi connectivity index (χ1v) is 10.5. The molecule has 2 atom stereocenters. The number of nitrogens with one attached hydrogen (secondary N) is 2. The summed E-state index contributed by atoms with van der Waals surface area (Å²) < 4.78 is 7.71. The lowest BCUT2D eigenvalue weighted by atomic mass is 10.1. The van der Waals surface area contributed by atoms with Crippen LogP contribution in [0.5, 0.6) is 0 Å². The molecule has 152 valence electrons. The van der Waals surface area contributed by atoms with Crippen molar-refractivity contribution in [2.75, 3.05) is 18.4 Å². The Morgan fingerprint density at radius 1 is 1.32 bits per heavy atom. The second-order valence-electron chi connectivity index (χ2n) is 9.08. The zero-order valence-electron chi connectivity index (χ0n) is 17.1. The molecular weight excluding hydrogens is 354 g/mol. The summed E-state index contributed by atoms with van der Waals surface area (Å²) in [6.45, 7) is 7.29. The van der Waals surface area contributed by atoms with Crippen molar-refractivity contribution < 1.29 is 9.53 Å². The molecule has 2 aliphatic rings. The highest BCUT2D eigenvalue weighted by atomic mass is 16.6. The number of aromatic nitrogens is 3. The van der Waals surface area contributed by atoms with Gasteiger partial charge in [-0.15, -0.1) is 0 Å². The minimum Gasteiger partial charge on any atom is -0.444 e. The Morgan fingerprint density at radius 3 is 3.00 bits per heavy atom. The Morgan fingerprint density at radius 2 is 2.18 bits per heavy atom. The van der Waals surface area contributed by atoms with Crippen molar-refractivity contribution in [2.45, 2.75) is 70.9 Å². The molecule has 2 aromatic heterocycles. The summed E-state index contributed by atoms with van der Waals surface area (Å²) in [5, 5.41) is 7.60. The number of hydrogen-bond acceptors (Lipinski definition) is 5. The SMILES string of the molecule is CC(C)(C)OC(=O)NC[C@@H]1CC[C@H](n2cc3c4c(ncnc42)NCCCC3)C1. The molecule has 0 aromatic carbocycles. The highest BCUT2D eigenvalue weighted by molar-refractivity contribution is 5.91. The van der Waals surface area contributed by atoms with Crippen LogP contribution < -0.4 is 10.6 Å². The highest BCUT2D eigenvalue weighted by Gasteiger charge is 2.29. The summed E-state index contributed by atoms with van der Waals surface area (Å²) in [5.41, 5.74) is 1.94. The fourth-order valence-electron chi connectivity index (χ4n) is 4.44. The van der Waals surface area contributed by atoms with Gasteiger partial charge in [0.25, 0.3) is 0 Å². The topological polar surface area (TPSA) is 81.1 Å². The first kappa shape index (κ1) is 19.0. The summed E-state index contributed by atoms with van der Waals surface area (Å²) in [4.78, 5) is 21.0. The zero-order valence-corrected chi connectivity index (χ0v) is 17.1. The van der Waals surface area contributed by atoms with Gasteiger partial charge in [-0.3, -0.25) is 0 Å². The third-order valence-electron chi connectivity index (χ3n) is 5.69. The van der Waals surface area contributed by atoms with E-state index < -0.39 is 5.60 Å². The van der Waals surface area contributed by atoms with Crippen LogP contribution in [-0.4, -0.2) is 39.3 Å². The van der Waals surface area contributed by atoms with E-state index in [0.717, 1.165) is 50.1 Å². The molecule has 2 N–H and O–H groups in total. The molecule has 0 radical (unpaired) electrons. The van der Waals surface area contributed by atoms with E-state index in [2.05, 4.69) is 31.4 Å². The third kappa shape index (κ3) is 4.08. The Kier molecular flexibility index (Phi) is 5.17. The lowest BCUT2D eigenvalue weighted by Gasteiger charge is -2.20. The number of ether oxygens (including phenoxy) is 1. The maximum Gasteiger partial charge on any atom is 0.407 e. The smallest absolute Gasteiger partial charge is 0.407 e. The van der Waals surface area contributed by atoms with Crippen LogP contribution in [0.4, 0.5) is 10.6 Å². The summed E-state index contributed by atoms with van der Waals surface area (Å²) >= 11 is 0. The van der Waals surface area contributed by atoms with Gasteiger partial charge in [0.15, 0.2) is 0 Å². The van der Waals surface area contributed by atoms with E-state index in [4.69, 9.17) is 4.74 Å². The van der Waals surface area contributed by atoms with Gasteiger partial charge in [0.1, 0.15) is 23.4 Å². The molecular formula is C21H31N5O2. The molecule has 2 aromatic rings. The number of alkyl carbamates (subject to hydrolysis) is 1. The van der Waals surface area contributed by atoms with E-state index in [1.807, 2.05) is 20.8 Å². The predicted molar refractivity (Wildman–Crippen MR) is 110 cm³/mol. The molecule has 7 heteroatoms. The van der Waals surface area contributed by atoms with Crippen molar-refractivity contribution in [1.82, 2.24) is 19.9 Å². The zero-order chi connectivity index (χ0) is 19.7. The number of nitrogens with zero attached hydrogens (tertiary/aromatic N) is 3. The van der Waals surface area contributed by atoms with Crippen LogP contribution in [0.2, 0.25) is 0 Å². The van der Waals surface area contributed by atoms with Crippen molar-refractivity contribution in [3.8, 4) is 0 Å². The molecule has 3 heterocycles. The van der Waals surface area contributed by atoms with E-state index in [-0.39, 0.29) is 6.09 Å². The molecule has 0 bridgehead atoms. The molecule has 1 saturated carbocycles. The molecule has 0 spiro atoms. The fourth-order valence-corrected chi connectivity index (χ4v) is 4.44. The van der Waals surface area contributed by atoms with Crippen molar-refractivity contribution in [3.63, 3.8) is 0 Å². The van der Waals surface area contributed by atoms with Gasteiger partial charge in [0.05, 0.1) is 5.39 Å². The Hall–Kier alpha value is -2.31. The number of rotatable bonds is 3. The molecule has 0 saturated heterocycles. The van der Waals surface area contributed by atoms with Crippen molar-refractivity contribution in [1.29, 1.82) is 0 Å². The average molecular weight is 386 g/mol. The molecule has 1 amide bonds. The third-order valence-corrected chi connectivity index (χ3v) is 5.69. The number of anilines is 1. The van der Waals surface area contributed by atoms with Gasteiger partial charge in [0.2, 0.25) is 0 Å². The number of carbonyl (C=O) groups is 1. The van der Waals surface area contributed by atoms with Gasteiger partial charge >= 0.3 is 6.09 Å². The second-order valence-corrected chi connectivity index (χ2v) is 9.08. The Balaban J connectivity index is 1.46. The maximum atomic E-state index is 11.9. The number of hydrogen-bond donors (Lipinski definition) is 2. The van der Waals surface area contributed by atoms with E-state index >= 15 is 0 Å². The second kappa shape index (κ2) is 7.60. The van der Waals surface area contributed by atoms with Gasteiger partial charge in [0, 0.05) is 25.3 Å². The van der Waals surface area contributed by atoms with Gasteiger partial charge in [-0.1, -0.05) is 0 Å². The molecule has 1 aliphatic carbocycles. The lowest BCUT2D eigenvalue weighted by Crippen LogP contribution is -2.34. The Labute approximate surface area is 166 Å². The fraction of sp³-hybridized carbons (Fsp3) is 0.667. The Bertz CT molecular complexity index is 854. The first-order chi connectivity index (χ1) is 13.4. The first-order valence-electron chi connectivity index (χ1n) is 10.5. The van der Waals surface area contributed by atoms with Crippen LogP contribution in [0.25, 0.3) is 11.0 Å². The van der Waals surface area contributed by atoms with Crippen LogP contribution in [0.15, 0.2) is 12.5 Å². The van der Waals surface area contributed by atoms with Crippen molar-refractivity contribution >= 4 is 22.9 Å². The normalized spacial score (nSPS) is 22.4. The largest absolute Gasteiger partial charge is 0.444 e. The maximum absolute atomic E-state index is 11.9. The van der Waals surface area contributed by atoms with Crippen molar-refractivity contribution in [2.24, 2.45) is 5.92 Å². The van der Waals surface area contributed by atoms with Crippen LogP contribution in [0, 0.1) is 5.92 Å². The predicted octanol–water partition coefficient (Wildman–Crippen LogP) is 4.05. The van der Waals surface area contributed by atoms with E-state index in [1.54, 1.807) is 6.33 Å². The van der Waals surface area contributed by atoms with E-state index in [0.29, 0.717) is 18.5 Å². The summed E-state index contributed by atoms with van der Waals surface area (Å²) in [7, 11) is 0. The van der Waals surface area contributed by atoms with Gasteiger partial charge in [-0.05, 0) is 70.8 Å². The minimum atomic E-state index is -0.460. The quantitative estimate of drug-likeness (QED) is 0.833. The molecule has 7 nitrogen and oxygen atoms in total. The van der Waals surface area contributed by atoms with Gasteiger partial charge in [-0.2, -0.15) is 0 Å². The average Bonchev–Trinajstić information content (AvgIpc) is 3.21. The standard InChI is InChI=1S/C21H31N5O2/c1-21(2,3)28-20(27)23-11-14-7-8-16(10-14)26-12-15-6-4-5-9-22-18-17(15)19(26)25-13-24-18/h12-14,16H,4-11H2,1-3H3,(H,23,27)(H,22,24,25)/t14-,16+/m1/s1. The molecule has 4 rings (SSSR count). The van der Waals surface area contributed by atoms with E-state index in [1.165, 1.54) is 17.4 Å². The molecule has 28 heavy (non-hydrogen) atoms. The monoisotopic (exact) mass is 385 g/mol. The molecule has 0 unspecified atom stereocenters. The highest BCUT2D eigenvalue weighted by Crippen LogP contribution is 2.38. The molecule has 1 fully saturated rings. The summed E-state index contributed by atoms with van der Waals surface area (Å²) in [5.74, 6) is 1.44. The van der Waals surface area contributed by atoms with Crippen molar-refractivity contribution in [3.05, 3.63) is 18.1 Å². The number of carbonyl (C=O) groups excluding carboxylic acids is 1. The van der Waals surface area contributed by atoms with Crippen LogP contribution in [0.1, 0.15) is 64.5 Å². The summed E-state index contributed by atoms with van der Waals surface area (Å²) in [6, 6.07) is 0.421. The minimum absolute atomic E-state index is 0.327. The lowest BCUT2D eigenvalue weighted by molar-refractivity contribution is 0.0519. The number of amides is 1. The van der Waals surface area contributed by atoms with Crippen LogP contribution >= 0.6 is 0 Å². The van der Waals surface area contributed by atoms with Gasteiger partial charge < -0.3 is 19.9 Å². The van der Waals surface area contributed by atoms with Crippen LogP contribution in [0.3, 0.4) is 0 Å². The molecule has 1 aliphatic heterocycles. The van der Waals surface area contributed by atoms with Crippen LogP contribution in [-0.2, 0) is 11.2 Å². The summed E-state index contributed by atoms with van der Waals surface area (Å²) in [6.07, 6.45) is 10.3.